The Balaban J connectivity index is 3.60. The van der Waals surface area contributed by atoms with Gasteiger partial charge in [-0.15, -0.1) is 0 Å². The first-order valence-corrected chi connectivity index (χ1v) is 9.37. The molecule has 0 heterocycles. The van der Waals surface area contributed by atoms with Gasteiger partial charge in [-0.25, -0.2) is 0 Å². The molecular weight excluding hydrogens is 240 g/mol. The zero-order valence-electron chi connectivity index (χ0n) is 14.9. The summed E-state index contributed by atoms with van der Waals surface area (Å²) in [6.07, 6.45) is 19.8. The molecule has 0 spiro atoms. The summed E-state index contributed by atoms with van der Waals surface area (Å²) in [7, 11) is 0. The van der Waals surface area contributed by atoms with Gasteiger partial charge in [0.25, 0.3) is 0 Å². The van der Waals surface area contributed by atoms with Crippen molar-refractivity contribution in [2.45, 2.75) is 118 Å². The second kappa shape index (κ2) is 15.1. The number of hydrogen-bond donors (Lipinski definition) is 0. The molecule has 0 radical (unpaired) electrons. The van der Waals surface area contributed by atoms with Gasteiger partial charge < -0.3 is 0 Å². The standard InChI is InChI=1S/C20H40/c1-5-7-9-11-13-15-17-20(19(3)4)18-16-14-12-10-8-6-2/h5-18H2,1-4H3. The van der Waals surface area contributed by atoms with Crippen LogP contribution in [0.3, 0.4) is 0 Å². The van der Waals surface area contributed by atoms with E-state index in [-0.39, 0.29) is 0 Å². The van der Waals surface area contributed by atoms with Crippen LogP contribution in [0.5, 0.6) is 0 Å². The van der Waals surface area contributed by atoms with Crippen LogP contribution < -0.4 is 0 Å². The summed E-state index contributed by atoms with van der Waals surface area (Å²) < 4.78 is 0. The molecular formula is C20H40. The van der Waals surface area contributed by atoms with E-state index in [1.54, 1.807) is 11.1 Å². The molecule has 0 heteroatoms. The fourth-order valence-corrected chi connectivity index (χ4v) is 2.86. The molecule has 0 aromatic heterocycles. The lowest BCUT2D eigenvalue weighted by Crippen LogP contribution is -1.90. The summed E-state index contributed by atoms with van der Waals surface area (Å²) in [4.78, 5) is 0. The van der Waals surface area contributed by atoms with Gasteiger partial charge >= 0.3 is 0 Å². The highest BCUT2D eigenvalue weighted by Gasteiger charge is 2.01. The summed E-state index contributed by atoms with van der Waals surface area (Å²) in [6, 6.07) is 0. The number of allylic oxidation sites excluding steroid dienone is 2. The second-order valence-corrected chi connectivity index (χ2v) is 6.64. The summed E-state index contributed by atoms with van der Waals surface area (Å²) in [5.74, 6) is 0. The Bertz CT molecular complexity index is 202. The lowest BCUT2D eigenvalue weighted by molar-refractivity contribution is 0.581. The molecule has 0 atom stereocenters. The van der Waals surface area contributed by atoms with Gasteiger partial charge in [-0.3, -0.25) is 0 Å². The summed E-state index contributed by atoms with van der Waals surface area (Å²) in [6.45, 7) is 9.20. The Labute approximate surface area is 129 Å². The lowest BCUT2D eigenvalue weighted by atomic mass is 9.96. The predicted molar refractivity (Wildman–Crippen MR) is 94.4 cm³/mol. The molecule has 20 heavy (non-hydrogen) atoms. The minimum absolute atomic E-state index is 1.36. The summed E-state index contributed by atoms with van der Waals surface area (Å²) in [5.41, 5.74) is 3.35. The molecule has 120 valence electrons. The Morgan fingerprint density at radius 2 is 0.850 bits per heavy atom. The SMILES string of the molecule is CCCCCCCCC(CCCCCCCC)=C(C)C. The Kier molecular flexibility index (Phi) is 14.9. The molecule has 0 amide bonds. The van der Waals surface area contributed by atoms with E-state index >= 15 is 0 Å². The van der Waals surface area contributed by atoms with Gasteiger partial charge in [0.15, 0.2) is 0 Å². The van der Waals surface area contributed by atoms with Crippen LogP contribution in [0.2, 0.25) is 0 Å². The molecule has 0 bridgehead atoms. The zero-order chi connectivity index (χ0) is 15.1. The van der Waals surface area contributed by atoms with Crippen molar-refractivity contribution in [3.63, 3.8) is 0 Å². The van der Waals surface area contributed by atoms with Crippen molar-refractivity contribution in [3.8, 4) is 0 Å². The molecule has 0 fully saturated rings. The fraction of sp³-hybridized carbons (Fsp3) is 0.900. The van der Waals surface area contributed by atoms with Crippen LogP contribution >= 0.6 is 0 Å². The Morgan fingerprint density at radius 1 is 0.500 bits per heavy atom. The lowest BCUT2D eigenvalue weighted by Gasteiger charge is -2.10. The number of unbranched alkanes of at least 4 members (excludes halogenated alkanes) is 10. The van der Waals surface area contributed by atoms with Gasteiger partial charge in [0, 0.05) is 0 Å². The molecule has 0 saturated carbocycles. The quantitative estimate of drug-likeness (QED) is 0.225. The summed E-state index contributed by atoms with van der Waals surface area (Å²) in [5, 5.41) is 0. The van der Waals surface area contributed by atoms with E-state index in [2.05, 4.69) is 27.7 Å². The maximum Gasteiger partial charge on any atom is -0.0318 e. The van der Waals surface area contributed by atoms with Gasteiger partial charge in [0.1, 0.15) is 0 Å². The third-order valence-electron chi connectivity index (χ3n) is 4.37. The van der Waals surface area contributed by atoms with E-state index in [1.807, 2.05) is 0 Å². The van der Waals surface area contributed by atoms with Crippen molar-refractivity contribution in [2.75, 3.05) is 0 Å². The van der Waals surface area contributed by atoms with Crippen LogP contribution in [-0.2, 0) is 0 Å². The van der Waals surface area contributed by atoms with E-state index in [1.165, 1.54) is 89.9 Å². The minimum atomic E-state index is 1.36. The van der Waals surface area contributed by atoms with E-state index < -0.39 is 0 Å². The van der Waals surface area contributed by atoms with Crippen molar-refractivity contribution < 1.29 is 0 Å². The minimum Gasteiger partial charge on any atom is -0.0772 e. The van der Waals surface area contributed by atoms with E-state index in [9.17, 15) is 0 Å². The van der Waals surface area contributed by atoms with Crippen molar-refractivity contribution in [3.05, 3.63) is 11.1 Å². The van der Waals surface area contributed by atoms with Gasteiger partial charge in [-0.1, -0.05) is 89.2 Å². The van der Waals surface area contributed by atoms with E-state index in [4.69, 9.17) is 0 Å². The van der Waals surface area contributed by atoms with Crippen LogP contribution in [0.25, 0.3) is 0 Å². The zero-order valence-corrected chi connectivity index (χ0v) is 14.9. The smallest absolute Gasteiger partial charge is 0.0318 e. The maximum absolute atomic E-state index is 2.31. The normalized spacial score (nSPS) is 10.8. The first-order valence-electron chi connectivity index (χ1n) is 9.37. The average Bonchev–Trinajstić information content (AvgIpc) is 2.43. The van der Waals surface area contributed by atoms with Gasteiger partial charge in [-0.05, 0) is 39.5 Å². The fourth-order valence-electron chi connectivity index (χ4n) is 2.86. The molecule has 0 aliphatic rings. The van der Waals surface area contributed by atoms with Crippen LogP contribution in [0.4, 0.5) is 0 Å². The molecule has 0 N–H and O–H groups in total. The second-order valence-electron chi connectivity index (χ2n) is 6.64. The average molecular weight is 281 g/mol. The highest BCUT2D eigenvalue weighted by Crippen LogP contribution is 2.21. The molecule has 0 nitrogen and oxygen atoms in total. The molecule has 0 aromatic carbocycles. The highest BCUT2D eigenvalue weighted by molar-refractivity contribution is 5.09. The summed E-state index contributed by atoms with van der Waals surface area (Å²) >= 11 is 0. The van der Waals surface area contributed by atoms with Gasteiger partial charge in [-0.2, -0.15) is 0 Å². The third kappa shape index (κ3) is 12.8. The maximum atomic E-state index is 2.31. The molecule has 0 aliphatic carbocycles. The monoisotopic (exact) mass is 280 g/mol. The van der Waals surface area contributed by atoms with Crippen molar-refractivity contribution >= 4 is 0 Å². The molecule has 0 aromatic rings. The third-order valence-corrected chi connectivity index (χ3v) is 4.37. The predicted octanol–water partition coefficient (Wildman–Crippen LogP) is 7.82. The van der Waals surface area contributed by atoms with Crippen LogP contribution in [0.1, 0.15) is 118 Å². The van der Waals surface area contributed by atoms with Crippen LogP contribution in [0.15, 0.2) is 11.1 Å². The topological polar surface area (TPSA) is 0 Å². The highest BCUT2D eigenvalue weighted by atomic mass is 14.1. The Hall–Kier alpha value is -0.260. The molecule has 0 unspecified atom stereocenters. The van der Waals surface area contributed by atoms with Gasteiger partial charge in [0.05, 0.1) is 0 Å². The van der Waals surface area contributed by atoms with E-state index in [0.29, 0.717) is 0 Å². The van der Waals surface area contributed by atoms with Crippen molar-refractivity contribution in [1.29, 1.82) is 0 Å². The van der Waals surface area contributed by atoms with Crippen LogP contribution in [0, 0.1) is 0 Å². The Morgan fingerprint density at radius 3 is 1.20 bits per heavy atom. The first-order chi connectivity index (χ1) is 9.72. The van der Waals surface area contributed by atoms with Gasteiger partial charge in [0.2, 0.25) is 0 Å². The molecule has 0 rings (SSSR count). The first kappa shape index (κ1) is 19.7. The van der Waals surface area contributed by atoms with Crippen LogP contribution in [-0.4, -0.2) is 0 Å². The number of rotatable bonds is 14. The largest absolute Gasteiger partial charge is 0.0772 e. The number of hydrogen-bond acceptors (Lipinski definition) is 0. The molecule has 0 saturated heterocycles. The van der Waals surface area contributed by atoms with E-state index in [0.717, 1.165) is 0 Å². The molecule has 0 aliphatic heterocycles. The van der Waals surface area contributed by atoms with Crippen molar-refractivity contribution in [1.82, 2.24) is 0 Å². The van der Waals surface area contributed by atoms with Crippen molar-refractivity contribution in [2.24, 2.45) is 0 Å².